The maximum Gasteiger partial charge on any atom is 0.407 e. The summed E-state index contributed by atoms with van der Waals surface area (Å²) in [5.41, 5.74) is 2.98. The zero-order chi connectivity index (χ0) is 18.6. The molecular formula is C21H21N3O3. The molecule has 1 aliphatic rings. The average Bonchev–Trinajstić information content (AvgIpc) is 3.37. The summed E-state index contributed by atoms with van der Waals surface area (Å²) >= 11 is 0. The second-order valence-corrected chi connectivity index (χ2v) is 6.61. The SMILES string of the molecule is O=C(O)N1CCCC1c1ncc(-c2ccc(OCc3ccccc3)cc2)[nH]1. The van der Waals surface area contributed by atoms with E-state index in [4.69, 9.17) is 4.74 Å². The summed E-state index contributed by atoms with van der Waals surface area (Å²) in [4.78, 5) is 20.5. The molecule has 6 nitrogen and oxygen atoms in total. The molecule has 0 aliphatic carbocycles. The van der Waals surface area contributed by atoms with Crippen molar-refractivity contribution >= 4 is 6.09 Å². The molecule has 27 heavy (non-hydrogen) atoms. The topological polar surface area (TPSA) is 78.4 Å². The van der Waals surface area contributed by atoms with Crippen LogP contribution in [0.1, 0.15) is 30.3 Å². The third-order valence-electron chi connectivity index (χ3n) is 4.82. The fourth-order valence-corrected chi connectivity index (χ4v) is 3.40. The van der Waals surface area contributed by atoms with Crippen LogP contribution in [0.4, 0.5) is 4.79 Å². The molecule has 6 heteroatoms. The highest BCUT2D eigenvalue weighted by molar-refractivity contribution is 5.66. The summed E-state index contributed by atoms with van der Waals surface area (Å²) < 4.78 is 5.81. The standard InChI is InChI=1S/C21H21N3O3/c25-21(26)24-12-4-7-19(24)20-22-13-18(23-20)16-8-10-17(11-9-16)27-14-15-5-2-1-3-6-15/h1-3,5-6,8-11,13,19H,4,7,12,14H2,(H,22,23)(H,25,26). The predicted molar refractivity (Wildman–Crippen MR) is 102 cm³/mol. The molecule has 1 amide bonds. The molecule has 4 rings (SSSR count). The van der Waals surface area contributed by atoms with E-state index in [-0.39, 0.29) is 6.04 Å². The number of aromatic amines is 1. The van der Waals surface area contributed by atoms with E-state index in [0.29, 0.717) is 19.0 Å². The number of benzene rings is 2. The first-order chi connectivity index (χ1) is 13.2. The highest BCUT2D eigenvalue weighted by Crippen LogP contribution is 2.31. The van der Waals surface area contributed by atoms with Gasteiger partial charge in [-0.2, -0.15) is 0 Å². The number of hydrogen-bond donors (Lipinski definition) is 2. The van der Waals surface area contributed by atoms with Crippen molar-refractivity contribution in [3.05, 3.63) is 72.2 Å². The molecule has 0 bridgehead atoms. The minimum atomic E-state index is -0.893. The van der Waals surface area contributed by atoms with Gasteiger partial charge in [-0.3, -0.25) is 4.90 Å². The van der Waals surface area contributed by atoms with E-state index in [1.165, 1.54) is 4.90 Å². The van der Waals surface area contributed by atoms with Gasteiger partial charge in [0.1, 0.15) is 18.2 Å². The molecule has 2 heterocycles. The van der Waals surface area contributed by atoms with Crippen LogP contribution in [0.25, 0.3) is 11.3 Å². The lowest BCUT2D eigenvalue weighted by Crippen LogP contribution is -2.29. The van der Waals surface area contributed by atoms with Gasteiger partial charge in [-0.05, 0) is 48.2 Å². The highest BCUT2D eigenvalue weighted by atomic mass is 16.5. The Morgan fingerprint density at radius 1 is 1.19 bits per heavy atom. The van der Waals surface area contributed by atoms with Gasteiger partial charge in [0.15, 0.2) is 0 Å². The number of imidazole rings is 1. The maximum atomic E-state index is 11.3. The van der Waals surface area contributed by atoms with E-state index < -0.39 is 6.09 Å². The molecule has 1 aliphatic heterocycles. The summed E-state index contributed by atoms with van der Waals surface area (Å²) in [5.74, 6) is 1.50. The lowest BCUT2D eigenvalue weighted by atomic mass is 10.1. The van der Waals surface area contributed by atoms with Crippen molar-refractivity contribution in [3.63, 3.8) is 0 Å². The minimum Gasteiger partial charge on any atom is -0.489 e. The number of likely N-dealkylation sites (tertiary alicyclic amines) is 1. The van der Waals surface area contributed by atoms with Gasteiger partial charge in [-0.25, -0.2) is 9.78 Å². The predicted octanol–water partition coefficient (Wildman–Crippen LogP) is 4.47. The maximum absolute atomic E-state index is 11.3. The third-order valence-corrected chi connectivity index (χ3v) is 4.82. The number of amides is 1. The van der Waals surface area contributed by atoms with Crippen LogP contribution in [0, 0.1) is 0 Å². The van der Waals surface area contributed by atoms with E-state index in [0.717, 1.165) is 35.4 Å². The van der Waals surface area contributed by atoms with Gasteiger partial charge in [-0.1, -0.05) is 30.3 Å². The largest absolute Gasteiger partial charge is 0.489 e. The van der Waals surface area contributed by atoms with Crippen LogP contribution < -0.4 is 4.74 Å². The average molecular weight is 363 g/mol. The monoisotopic (exact) mass is 363 g/mol. The van der Waals surface area contributed by atoms with Crippen LogP contribution in [0.3, 0.4) is 0 Å². The zero-order valence-corrected chi connectivity index (χ0v) is 14.8. The normalized spacial score (nSPS) is 16.4. The van der Waals surface area contributed by atoms with E-state index in [9.17, 15) is 9.90 Å². The summed E-state index contributed by atoms with van der Waals surface area (Å²) in [6, 6.07) is 17.6. The Labute approximate surface area is 157 Å². The number of nitrogens with one attached hydrogen (secondary N) is 1. The fraction of sp³-hybridized carbons (Fsp3) is 0.238. The number of carboxylic acid groups (broad SMARTS) is 1. The molecule has 0 saturated carbocycles. The zero-order valence-electron chi connectivity index (χ0n) is 14.8. The van der Waals surface area contributed by atoms with Crippen LogP contribution in [0.2, 0.25) is 0 Å². The first kappa shape index (κ1) is 17.1. The van der Waals surface area contributed by atoms with Crippen LogP contribution in [-0.4, -0.2) is 32.6 Å². The van der Waals surface area contributed by atoms with Crippen molar-refractivity contribution in [2.45, 2.75) is 25.5 Å². The molecule has 2 aromatic carbocycles. The van der Waals surface area contributed by atoms with E-state index in [1.807, 2.05) is 54.6 Å². The molecular weight excluding hydrogens is 342 g/mol. The first-order valence-electron chi connectivity index (χ1n) is 9.02. The van der Waals surface area contributed by atoms with E-state index in [2.05, 4.69) is 9.97 Å². The van der Waals surface area contributed by atoms with Crippen molar-refractivity contribution < 1.29 is 14.6 Å². The second-order valence-electron chi connectivity index (χ2n) is 6.61. The molecule has 3 aromatic rings. The molecule has 1 atom stereocenters. The number of nitrogens with zero attached hydrogens (tertiary/aromatic N) is 2. The fourth-order valence-electron chi connectivity index (χ4n) is 3.40. The Balaban J connectivity index is 1.43. The molecule has 0 radical (unpaired) electrons. The quantitative estimate of drug-likeness (QED) is 0.701. The van der Waals surface area contributed by atoms with Crippen molar-refractivity contribution in [1.29, 1.82) is 0 Å². The summed E-state index contributed by atoms with van der Waals surface area (Å²) in [6.45, 7) is 1.09. The van der Waals surface area contributed by atoms with Gasteiger partial charge in [-0.15, -0.1) is 0 Å². The van der Waals surface area contributed by atoms with E-state index in [1.54, 1.807) is 6.20 Å². The Morgan fingerprint density at radius 2 is 1.96 bits per heavy atom. The van der Waals surface area contributed by atoms with E-state index >= 15 is 0 Å². The number of carbonyl (C=O) groups is 1. The molecule has 1 unspecified atom stereocenters. The van der Waals surface area contributed by atoms with Gasteiger partial charge in [0.2, 0.25) is 0 Å². The van der Waals surface area contributed by atoms with Gasteiger partial charge in [0, 0.05) is 6.54 Å². The molecule has 1 aromatic heterocycles. The van der Waals surface area contributed by atoms with Gasteiger partial charge < -0.3 is 14.8 Å². The number of rotatable bonds is 5. The Morgan fingerprint density at radius 3 is 2.70 bits per heavy atom. The van der Waals surface area contributed by atoms with Crippen molar-refractivity contribution in [2.24, 2.45) is 0 Å². The van der Waals surface area contributed by atoms with Crippen molar-refractivity contribution in [2.75, 3.05) is 6.54 Å². The number of aromatic nitrogens is 2. The van der Waals surface area contributed by atoms with Crippen LogP contribution >= 0.6 is 0 Å². The lowest BCUT2D eigenvalue weighted by molar-refractivity contribution is 0.139. The third kappa shape index (κ3) is 3.79. The van der Waals surface area contributed by atoms with Crippen molar-refractivity contribution in [3.8, 4) is 17.0 Å². The van der Waals surface area contributed by atoms with Crippen molar-refractivity contribution in [1.82, 2.24) is 14.9 Å². The number of ether oxygens (including phenoxy) is 1. The van der Waals surface area contributed by atoms with Crippen LogP contribution in [-0.2, 0) is 6.61 Å². The summed E-state index contributed by atoms with van der Waals surface area (Å²) in [6.07, 6.45) is 2.52. The molecule has 0 spiro atoms. The summed E-state index contributed by atoms with van der Waals surface area (Å²) in [5, 5.41) is 9.30. The molecule has 2 N–H and O–H groups in total. The first-order valence-corrected chi connectivity index (χ1v) is 9.02. The molecule has 138 valence electrons. The lowest BCUT2D eigenvalue weighted by Gasteiger charge is -2.19. The van der Waals surface area contributed by atoms with Gasteiger partial charge in [0.05, 0.1) is 17.9 Å². The summed E-state index contributed by atoms with van der Waals surface area (Å²) in [7, 11) is 0. The molecule has 1 saturated heterocycles. The smallest absolute Gasteiger partial charge is 0.407 e. The van der Waals surface area contributed by atoms with Gasteiger partial charge in [0.25, 0.3) is 0 Å². The minimum absolute atomic E-state index is 0.190. The second kappa shape index (κ2) is 7.53. The number of hydrogen-bond acceptors (Lipinski definition) is 3. The van der Waals surface area contributed by atoms with Gasteiger partial charge >= 0.3 is 6.09 Å². The van der Waals surface area contributed by atoms with Crippen LogP contribution in [0.15, 0.2) is 60.8 Å². The number of H-pyrrole nitrogens is 1. The Bertz CT molecular complexity index is 906. The Hall–Kier alpha value is -3.28. The van der Waals surface area contributed by atoms with Crippen LogP contribution in [0.5, 0.6) is 5.75 Å². The highest BCUT2D eigenvalue weighted by Gasteiger charge is 2.31. The molecule has 1 fully saturated rings. The Kier molecular flexibility index (Phi) is 4.78.